The Bertz CT molecular complexity index is 1190. The Morgan fingerprint density at radius 3 is 2.29 bits per heavy atom. The third-order valence-electron chi connectivity index (χ3n) is 5.72. The number of rotatable bonds is 6. The number of benzene rings is 2. The highest BCUT2D eigenvalue weighted by Crippen LogP contribution is 2.36. The lowest BCUT2D eigenvalue weighted by atomic mass is 10.1. The quantitative estimate of drug-likeness (QED) is 0.337. The highest BCUT2D eigenvalue weighted by Gasteiger charge is 2.23. The van der Waals surface area contributed by atoms with E-state index in [9.17, 15) is 9.59 Å². The third-order valence-corrected chi connectivity index (χ3v) is 5.72. The number of carbonyl (C=O) groups excluding carboxylic acids is 1. The molecule has 160 valence electrons. The molecule has 0 saturated heterocycles. The summed E-state index contributed by atoms with van der Waals surface area (Å²) in [6, 6.07) is 12.9. The molecule has 1 aliphatic rings. The molecule has 0 atom stereocenters. The molecule has 0 unspecified atom stereocenters. The first-order valence-corrected chi connectivity index (χ1v) is 10.5. The van der Waals surface area contributed by atoms with Crippen LogP contribution in [0.5, 0.6) is 5.75 Å². The summed E-state index contributed by atoms with van der Waals surface area (Å²) in [4.78, 5) is 29.8. The van der Waals surface area contributed by atoms with E-state index in [-0.39, 0.29) is 11.3 Å². The van der Waals surface area contributed by atoms with Crippen molar-refractivity contribution in [2.45, 2.75) is 13.8 Å². The van der Waals surface area contributed by atoms with Gasteiger partial charge in [0.15, 0.2) is 5.78 Å². The smallest absolute Gasteiger partial charge is 0.347 e. The largest absolute Gasteiger partial charge is 0.497 e. The number of nitrogens with zero attached hydrogens (tertiary/aromatic N) is 2. The zero-order valence-corrected chi connectivity index (χ0v) is 18.1. The summed E-state index contributed by atoms with van der Waals surface area (Å²) in [7, 11) is 1.60. The maximum absolute atomic E-state index is 12.7. The molecular formula is C25H26N2O4. The molecule has 6 nitrogen and oxygen atoms in total. The number of fused-ring (bicyclic) bond motifs is 2. The van der Waals surface area contributed by atoms with Crippen molar-refractivity contribution in [3.05, 3.63) is 70.1 Å². The molecule has 0 radical (unpaired) electrons. The third kappa shape index (κ3) is 4.06. The van der Waals surface area contributed by atoms with Gasteiger partial charge in [-0.05, 0) is 49.8 Å². The van der Waals surface area contributed by atoms with Gasteiger partial charge in [-0.2, -0.15) is 0 Å². The van der Waals surface area contributed by atoms with Crippen molar-refractivity contribution in [2.75, 3.05) is 43.1 Å². The normalized spacial score (nSPS) is 13.6. The lowest BCUT2D eigenvalue weighted by molar-refractivity contribution is 0.104. The second-order valence-electron chi connectivity index (χ2n) is 7.46. The molecule has 0 aliphatic carbocycles. The summed E-state index contributed by atoms with van der Waals surface area (Å²) in [5.74, 6) is 0.358. The molecule has 1 aromatic heterocycles. The Kier molecular flexibility index (Phi) is 5.80. The summed E-state index contributed by atoms with van der Waals surface area (Å²) < 4.78 is 10.7. The zero-order chi connectivity index (χ0) is 22.0. The fraction of sp³-hybridized carbons (Fsp3) is 0.280. The van der Waals surface area contributed by atoms with Crippen LogP contribution in [-0.2, 0) is 0 Å². The minimum atomic E-state index is -0.622. The van der Waals surface area contributed by atoms with Gasteiger partial charge in [0.05, 0.1) is 18.5 Å². The number of carbonyl (C=O) groups is 1. The fourth-order valence-electron chi connectivity index (χ4n) is 3.94. The van der Waals surface area contributed by atoms with E-state index in [1.165, 1.54) is 6.08 Å². The fourth-order valence-corrected chi connectivity index (χ4v) is 3.94. The molecule has 2 aromatic carbocycles. The van der Waals surface area contributed by atoms with Crippen molar-refractivity contribution in [1.82, 2.24) is 0 Å². The van der Waals surface area contributed by atoms with E-state index in [4.69, 9.17) is 9.15 Å². The van der Waals surface area contributed by atoms with Crippen LogP contribution >= 0.6 is 0 Å². The monoisotopic (exact) mass is 418 g/mol. The average Bonchev–Trinajstić information content (AvgIpc) is 2.80. The Labute approximate surface area is 181 Å². The molecule has 2 heterocycles. The number of ether oxygens (including phenoxy) is 1. The number of likely N-dealkylation sites (N-methyl/N-ethyl adjacent to an activating group) is 2. The second-order valence-corrected chi connectivity index (χ2v) is 7.46. The van der Waals surface area contributed by atoms with Gasteiger partial charge < -0.3 is 19.0 Å². The predicted molar refractivity (Wildman–Crippen MR) is 125 cm³/mol. The SMILES string of the molecule is CCN1CCN(CC)c2cc3oc(=O)c(C(=O)/C=C/c4ccc(OC)cc4)cc3cc21. The van der Waals surface area contributed by atoms with E-state index in [0.717, 1.165) is 54.3 Å². The van der Waals surface area contributed by atoms with Crippen LogP contribution in [0.4, 0.5) is 11.4 Å². The Morgan fingerprint density at radius 2 is 1.68 bits per heavy atom. The van der Waals surface area contributed by atoms with E-state index in [1.807, 2.05) is 36.4 Å². The van der Waals surface area contributed by atoms with E-state index in [1.54, 1.807) is 19.3 Å². The van der Waals surface area contributed by atoms with E-state index < -0.39 is 5.63 Å². The van der Waals surface area contributed by atoms with Crippen LogP contribution in [0, 0.1) is 0 Å². The number of ketones is 1. The Hall–Kier alpha value is -3.54. The summed E-state index contributed by atoms with van der Waals surface area (Å²) in [6.07, 6.45) is 3.08. The van der Waals surface area contributed by atoms with Gasteiger partial charge in [-0.1, -0.05) is 18.2 Å². The number of allylic oxidation sites excluding steroid dienone is 1. The van der Waals surface area contributed by atoms with Gasteiger partial charge >= 0.3 is 5.63 Å². The first-order valence-electron chi connectivity index (χ1n) is 10.5. The number of methoxy groups -OCH3 is 1. The van der Waals surface area contributed by atoms with Crippen LogP contribution in [0.15, 0.2) is 57.8 Å². The Morgan fingerprint density at radius 1 is 1.03 bits per heavy atom. The predicted octanol–water partition coefficient (Wildman–Crippen LogP) is 4.36. The van der Waals surface area contributed by atoms with Gasteiger partial charge in [0.1, 0.15) is 16.9 Å². The second kappa shape index (κ2) is 8.68. The maximum atomic E-state index is 12.7. The number of hydrogen-bond donors (Lipinski definition) is 0. The first-order chi connectivity index (χ1) is 15.0. The topological polar surface area (TPSA) is 63.0 Å². The molecule has 0 N–H and O–H groups in total. The van der Waals surface area contributed by atoms with Gasteiger partial charge in [-0.15, -0.1) is 0 Å². The summed E-state index contributed by atoms with van der Waals surface area (Å²) in [5.41, 5.74) is 2.91. The van der Waals surface area contributed by atoms with Crippen LogP contribution in [0.2, 0.25) is 0 Å². The molecule has 4 rings (SSSR count). The Balaban J connectivity index is 1.70. The maximum Gasteiger partial charge on any atom is 0.347 e. The van der Waals surface area contributed by atoms with Crippen molar-refractivity contribution in [3.8, 4) is 5.75 Å². The van der Waals surface area contributed by atoms with Crippen LogP contribution < -0.4 is 20.2 Å². The van der Waals surface area contributed by atoms with Gasteiger partial charge in [0, 0.05) is 37.6 Å². The standard InChI is InChI=1S/C25H26N2O4/c1-4-26-12-13-27(5-2)22-16-24-18(15-21(22)26)14-20(25(29)31-24)23(28)11-8-17-6-9-19(30-3)10-7-17/h6-11,14-16H,4-5,12-13H2,1-3H3/b11-8+. The van der Waals surface area contributed by atoms with E-state index in [0.29, 0.717) is 5.58 Å². The number of hydrogen-bond acceptors (Lipinski definition) is 6. The van der Waals surface area contributed by atoms with Crippen LogP contribution in [0.3, 0.4) is 0 Å². The van der Waals surface area contributed by atoms with Gasteiger partial charge in [-0.3, -0.25) is 4.79 Å². The van der Waals surface area contributed by atoms with Crippen molar-refractivity contribution >= 4 is 34.2 Å². The molecule has 0 amide bonds. The molecule has 3 aromatic rings. The van der Waals surface area contributed by atoms with Gasteiger partial charge in [-0.25, -0.2) is 4.79 Å². The number of anilines is 2. The summed E-state index contributed by atoms with van der Waals surface area (Å²) in [6.45, 7) is 7.88. The van der Waals surface area contributed by atoms with Gasteiger partial charge in [0.25, 0.3) is 0 Å². The van der Waals surface area contributed by atoms with Crippen molar-refractivity contribution in [3.63, 3.8) is 0 Å². The highest BCUT2D eigenvalue weighted by molar-refractivity contribution is 6.08. The summed E-state index contributed by atoms with van der Waals surface area (Å²) >= 11 is 0. The lowest BCUT2D eigenvalue weighted by Gasteiger charge is -2.38. The lowest BCUT2D eigenvalue weighted by Crippen LogP contribution is -2.40. The minimum Gasteiger partial charge on any atom is -0.497 e. The van der Waals surface area contributed by atoms with Crippen molar-refractivity contribution in [2.24, 2.45) is 0 Å². The van der Waals surface area contributed by atoms with Crippen molar-refractivity contribution in [1.29, 1.82) is 0 Å². The van der Waals surface area contributed by atoms with Gasteiger partial charge in [0.2, 0.25) is 0 Å². The molecule has 0 fully saturated rings. The van der Waals surface area contributed by atoms with Crippen LogP contribution in [-0.4, -0.2) is 39.1 Å². The molecule has 0 bridgehead atoms. The molecular weight excluding hydrogens is 392 g/mol. The molecule has 6 heteroatoms. The zero-order valence-electron chi connectivity index (χ0n) is 18.1. The van der Waals surface area contributed by atoms with E-state index in [2.05, 4.69) is 23.6 Å². The first kappa shape index (κ1) is 20.7. The highest BCUT2D eigenvalue weighted by atomic mass is 16.5. The average molecular weight is 418 g/mol. The summed E-state index contributed by atoms with van der Waals surface area (Å²) in [5, 5.41) is 0.746. The molecule has 1 aliphatic heterocycles. The van der Waals surface area contributed by atoms with Crippen LogP contribution in [0.25, 0.3) is 17.0 Å². The minimum absolute atomic E-state index is 0.0309. The van der Waals surface area contributed by atoms with E-state index >= 15 is 0 Å². The van der Waals surface area contributed by atoms with Crippen molar-refractivity contribution < 1.29 is 13.9 Å². The van der Waals surface area contributed by atoms with Crippen LogP contribution in [0.1, 0.15) is 29.8 Å². The molecule has 31 heavy (non-hydrogen) atoms. The molecule has 0 saturated carbocycles. The molecule has 0 spiro atoms.